The van der Waals surface area contributed by atoms with Gasteiger partial charge in [0.05, 0.1) is 6.10 Å². The lowest BCUT2D eigenvalue weighted by atomic mass is 10.1. The molecule has 0 aliphatic carbocycles. The molecule has 0 spiro atoms. The van der Waals surface area contributed by atoms with Crippen molar-refractivity contribution in [1.82, 2.24) is 0 Å². The molecule has 0 saturated carbocycles. The second-order valence-electron chi connectivity index (χ2n) is 2.45. The average Bonchev–Trinajstić information content (AvgIpc) is 1.94. The molecule has 0 saturated heterocycles. The maximum absolute atomic E-state index is 10.9. The monoisotopic (exact) mass is 158 g/mol. The zero-order valence-corrected chi connectivity index (χ0v) is 6.10. The largest absolute Gasteiger partial charge is 0.390 e. The first-order valence-corrected chi connectivity index (χ1v) is 3.35. The molecule has 62 valence electrons. The van der Waals surface area contributed by atoms with Crippen LogP contribution in [0.5, 0.6) is 0 Å². The first-order chi connectivity index (χ1) is 5.11. The molecule has 0 amide bonds. The first kappa shape index (κ1) is 8.39. The van der Waals surface area contributed by atoms with E-state index in [0.29, 0.717) is 0 Å². The Morgan fingerprint density at radius 3 is 2.82 bits per heavy atom. The van der Waals surface area contributed by atoms with Crippen molar-refractivity contribution in [1.29, 1.82) is 0 Å². The van der Waals surface area contributed by atoms with Gasteiger partial charge in [-0.3, -0.25) is 4.79 Å². The Hall–Kier alpha value is -0.710. The number of rotatable bonds is 1. The zero-order chi connectivity index (χ0) is 8.43. The molecule has 1 aliphatic rings. The average molecular weight is 158 g/mol. The van der Waals surface area contributed by atoms with E-state index in [1.807, 2.05) is 0 Å². The van der Waals surface area contributed by atoms with E-state index in [-0.39, 0.29) is 5.78 Å². The van der Waals surface area contributed by atoms with Gasteiger partial charge >= 0.3 is 0 Å². The van der Waals surface area contributed by atoms with Crippen LogP contribution in [0.1, 0.15) is 6.92 Å². The van der Waals surface area contributed by atoms with Gasteiger partial charge in [0.15, 0.2) is 12.1 Å². The van der Waals surface area contributed by atoms with Crippen LogP contribution in [0.2, 0.25) is 0 Å². The Morgan fingerprint density at radius 1 is 1.73 bits per heavy atom. The highest BCUT2D eigenvalue weighted by Gasteiger charge is 2.27. The molecule has 4 heteroatoms. The van der Waals surface area contributed by atoms with Crippen LogP contribution in [0.25, 0.3) is 0 Å². The molecule has 1 rings (SSSR count). The summed E-state index contributed by atoms with van der Waals surface area (Å²) in [6.45, 7) is 1.44. The summed E-state index contributed by atoms with van der Waals surface area (Å²) in [6, 6.07) is 0. The number of hydrogen-bond donors (Lipinski definition) is 2. The van der Waals surface area contributed by atoms with E-state index in [9.17, 15) is 4.79 Å². The molecule has 4 nitrogen and oxygen atoms in total. The van der Waals surface area contributed by atoms with Crippen LogP contribution in [0.3, 0.4) is 0 Å². The molecule has 1 aliphatic heterocycles. The highest BCUT2D eigenvalue weighted by molar-refractivity contribution is 5.94. The summed E-state index contributed by atoms with van der Waals surface area (Å²) >= 11 is 0. The van der Waals surface area contributed by atoms with E-state index >= 15 is 0 Å². The summed E-state index contributed by atoms with van der Waals surface area (Å²) in [7, 11) is 0. The number of hydrogen-bond acceptors (Lipinski definition) is 4. The Labute approximate surface area is 64.1 Å². The van der Waals surface area contributed by atoms with Gasteiger partial charge in [-0.05, 0) is 19.1 Å². The molecule has 0 aromatic heterocycles. The van der Waals surface area contributed by atoms with Crippen molar-refractivity contribution in [3.63, 3.8) is 0 Å². The molecule has 1 heterocycles. The first-order valence-electron chi connectivity index (χ1n) is 3.35. The molecule has 0 fully saturated rings. The van der Waals surface area contributed by atoms with Gasteiger partial charge in [0.25, 0.3) is 0 Å². The second kappa shape index (κ2) is 3.13. The molecule has 0 aromatic carbocycles. The summed E-state index contributed by atoms with van der Waals surface area (Å²) in [6.07, 6.45) is -0.434. The van der Waals surface area contributed by atoms with Crippen molar-refractivity contribution < 1.29 is 19.7 Å². The van der Waals surface area contributed by atoms with Crippen LogP contribution >= 0.6 is 0 Å². The van der Waals surface area contributed by atoms with Crippen LogP contribution in [0, 0.1) is 0 Å². The van der Waals surface area contributed by atoms with Crippen molar-refractivity contribution in [2.24, 2.45) is 0 Å². The Balaban J connectivity index is 2.68. The lowest BCUT2D eigenvalue weighted by molar-refractivity contribution is -0.162. The maximum Gasteiger partial charge on any atom is 0.187 e. The van der Waals surface area contributed by atoms with Crippen LogP contribution in [-0.2, 0) is 9.53 Å². The minimum Gasteiger partial charge on any atom is -0.390 e. The quantitative estimate of drug-likeness (QED) is 0.524. The maximum atomic E-state index is 10.9. The highest BCUT2D eigenvalue weighted by Crippen LogP contribution is 2.10. The van der Waals surface area contributed by atoms with Gasteiger partial charge < -0.3 is 14.9 Å². The van der Waals surface area contributed by atoms with Gasteiger partial charge in [0.1, 0.15) is 6.10 Å². The molecule has 0 bridgehead atoms. The van der Waals surface area contributed by atoms with Crippen molar-refractivity contribution in [3.8, 4) is 0 Å². The number of ether oxygens (including phenoxy) is 1. The van der Waals surface area contributed by atoms with Gasteiger partial charge in [-0.1, -0.05) is 0 Å². The summed E-state index contributed by atoms with van der Waals surface area (Å²) in [4.78, 5) is 10.9. The number of ketones is 1. The van der Waals surface area contributed by atoms with Crippen LogP contribution < -0.4 is 0 Å². The number of carbonyl (C=O) groups excluding carboxylic acids is 1. The molecule has 11 heavy (non-hydrogen) atoms. The number of aliphatic hydroxyl groups excluding tert-OH is 2. The van der Waals surface area contributed by atoms with Crippen molar-refractivity contribution in [2.45, 2.75) is 25.4 Å². The van der Waals surface area contributed by atoms with Crippen molar-refractivity contribution in [2.75, 3.05) is 0 Å². The van der Waals surface area contributed by atoms with Gasteiger partial charge in [-0.15, -0.1) is 0 Å². The van der Waals surface area contributed by atoms with E-state index in [2.05, 4.69) is 0 Å². The molecular weight excluding hydrogens is 148 g/mol. The summed E-state index contributed by atoms with van der Waals surface area (Å²) in [5.74, 6) is -0.315. The van der Waals surface area contributed by atoms with E-state index < -0.39 is 18.5 Å². The number of aliphatic hydroxyl groups is 2. The van der Waals surface area contributed by atoms with Gasteiger partial charge in [0.2, 0.25) is 0 Å². The van der Waals surface area contributed by atoms with Crippen LogP contribution in [0.15, 0.2) is 12.2 Å². The molecule has 2 N–H and O–H groups in total. The third-order valence-electron chi connectivity index (χ3n) is 1.43. The molecule has 0 radical (unpaired) electrons. The summed E-state index contributed by atoms with van der Waals surface area (Å²) in [5.41, 5.74) is 0. The predicted molar refractivity (Wildman–Crippen MR) is 36.7 cm³/mol. The standard InChI is InChI=1S/C7H10O4/c1-4(8)7-5(9)2-3-6(10)11-7/h2-4,6-8,10H,1H3/t4-,6-,7+/m1/s1. The molecule has 3 atom stereocenters. The minimum absolute atomic E-state index is 0.315. The minimum atomic E-state index is -1.08. The molecule has 0 aromatic rings. The SMILES string of the molecule is C[C@@H](O)[C@@H]1O[C@@H](O)C=CC1=O. The second-order valence-corrected chi connectivity index (χ2v) is 2.45. The van der Waals surface area contributed by atoms with Crippen molar-refractivity contribution in [3.05, 3.63) is 12.2 Å². The predicted octanol–water partition coefficient (Wildman–Crippen LogP) is -0.790. The Bertz CT molecular complexity index is 185. The topological polar surface area (TPSA) is 66.8 Å². The zero-order valence-electron chi connectivity index (χ0n) is 6.10. The fourth-order valence-electron chi connectivity index (χ4n) is 0.886. The Morgan fingerprint density at radius 2 is 2.36 bits per heavy atom. The van der Waals surface area contributed by atoms with Crippen molar-refractivity contribution >= 4 is 5.78 Å². The number of carbonyl (C=O) groups is 1. The lowest BCUT2D eigenvalue weighted by Crippen LogP contribution is -2.39. The smallest absolute Gasteiger partial charge is 0.187 e. The normalized spacial score (nSPS) is 33.9. The van der Waals surface area contributed by atoms with Crippen LogP contribution in [-0.4, -0.2) is 34.5 Å². The van der Waals surface area contributed by atoms with E-state index in [4.69, 9.17) is 14.9 Å². The molecular formula is C7H10O4. The third kappa shape index (κ3) is 1.86. The fourth-order valence-corrected chi connectivity index (χ4v) is 0.886. The molecule has 0 unspecified atom stereocenters. The fraction of sp³-hybridized carbons (Fsp3) is 0.571. The van der Waals surface area contributed by atoms with Crippen LogP contribution in [0.4, 0.5) is 0 Å². The Kier molecular flexibility index (Phi) is 2.38. The van der Waals surface area contributed by atoms with Gasteiger partial charge in [0, 0.05) is 0 Å². The van der Waals surface area contributed by atoms with E-state index in [1.54, 1.807) is 0 Å². The third-order valence-corrected chi connectivity index (χ3v) is 1.43. The van der Waals surface area contributed by atoms with Gasteiger partial charge in [-0.25, -0.2) is 0 Å². The summed E-state index contributed by atoms with van der Waals surface area (Å²) in [5, 5.41) is 17.8. The van der Waals surface area contributed by atoms with E-state index in [1.165, 1.54) is 19.1 Å². The summed E-state index contributed by atoms with van der Waals surface area (Å²) < 4.78 is 4.73. The van der Waals surface area contributed by atoms with Gasteiger partial charge in [-0.2, -0.15) is 0 Å². The lowest BCUT2D eigenvalue weighted by Gasteiger charge is -2.23. The van der Waals surface area contributed by atoms with E-state index in [0.717, 1.165) is 0 Å². The highest BCUT2D eigenvalue weighted by atomic mass is 16.6.